The Morgan fingerprint density at radius 3 is 2.60 bits per heavy atom. The Morgan fingerprint density at radius 2 is 1.85 bits per heavy atom. The van der Waals surface area contributed by atoms with E-state index in [1.807, 2.05) is 18.2 Å². The van der Waals surface area contributed by atoms with Gasteiger partial charge in [0.05, 0.1) is 6.21 Å². The number of hydrazone groups is 1. The summed E-state index contributed by atoms with van der Waals surface area (Å²) in [4.78, 5) is 11.4. The van der Waals surface area contributed by atoms with Crippen LogP contribution in [-0.2, 0) is 4.79 Å². The van der Waals surface area contributed by atoms with Crippen LogP contribution in [0.25, 0.3) is 0 Å². The number of halogens is 1. The molecule has 0 heterocycles. The largest absolute Gasteiger partial charge is 0.484 e. The third-order valence-corrected chi connectivity index (χ3v) is 2.41. The third kappa shape index (κ3) is 4.20. The topological polar surface area (TPSA) is 50.7 Å². The standard InChI is InChI=1S/C15H13FN2O2/c16-14-9-5-4-6-12(14)10-17-18-15(19)11-20-13-7-2-1-3-8-13/h1-10H,11H2,(H,18,19). The maximum atomic E-state index is 13.3. The molecule has 4 nitrogen and oxygen atoms in total. The van der Waals surface area contributed by atoms with Crippen LogP contribution in [0, 0.1) is 5.82 Å². The van der Waals surface area contributed by atoms with Crippen molar-refractivity contribution in [3.05, 3.63) is 66.0 Å². The van der Waals surface area contributed by atoms with Gasteiger partial charge in [0.1, 0.15) is 11.6 Å². The first-order valence-corrected chi connectivity index (χ1v) is 6.00. The van der Waals surface area contributed by atoms with Crippen LogP contribution >= 0.6 is 0 Å². The van der Waals surface area contributed by atoms with E-state index in [4.69, 9.17) is 4.74 Å². The highest BCUT2D eigenvalue weighted by atomic mass is 19.1. The number of carbonyl (C=O) groups excluding carboxylic acids is 1. The van der Waals surface area contributed by atoms with E-state index in [0.717, 1.165) is 0 Å². The van der Waals surface area contributed by atoms with Crippen LogP contribution in [0.1, 0.15) is 5.56 Å². The molecule has 1 N–H and O–H groups in total. The van der Waals surface area contributed by atoms with Crippen molar-refractivity contribution >= 4 is 12.1 Å². The average Bonchev–Trinajstić information content (AvgIpc) is 2.48. The van der Waals surface area contributed by atoms with Gasteiger partial charge in [-0.15, -0.1) is 0 Å². The SMILES string of the molecule is O=C(COc1ccccc1)NN=Cc1ccccc1F. The molecule has 0 atom stereocenters. The summed E-state index contributed by atoms with van der Waals surface area (Å²) in [5.74, 6) is -0.215. The number of hydrogen-bond acceptors (Lipinski definition) is 3. The van der Waals surface area contributed by atoms with Crippen LogP contribution in [0.2, 0.25) is 0 Å². The van der Waals surface area contributed by atoms with E-state index in [9.17, 15) is 9.18 Å². The van der Waals surface area contributed by atoms with Crippen molar-refractivity contribution in [3.8, 4) is 5.75 Å². The second-order valence-electron chi connectivity index (χ2n) is 3.92. The highest BCUT2D eigenvalue weighted by molar-refractivity contribution is 5.83. The molecule has 2 rings (SSSR count). The average molecular weight is 272 g/mol. The van der Waals surface area contributed by atoms with Gasteiger partial charge in [0.2, 0.25) is 0 Å². The number of amides is 1. The third-order valence-electron chi connectivity index (χ3n) is 2.41. The predicted molar refractivity (Wildman–Crippen MR) is 74.1 cm³/mol. The minimum absolute atomic E-state index is 0.154. The Bertz CT molecular complexity index is 600. The molecule has 2 aromatic carbocycles. The zero-order valence-corrected chi connectivity index (χ0v) is 10.6. The molecular formula is C15H13FN2O2. The van der Waals surface area contributed by atoms with E-state index in [1.54, 1.807) is 30.3 Å². The lowest BCUT2D eigenvalue weighted by Gasteiger charge is -2.04. The molecule has 0 fully saturated rings. The summed E-state index contributed by atoms with van der Waals surface area (Å²) in [5, 5.41) is 3.67. The summed E-state index contributed by atoms with van der Waals surface area (Å²) < 4.78 is 18.5. The first-order valence-electron chi connectivity index (χ1n) is 6.00. The summed E-state index contributed by atoms with van der Waals surface area (Å²) in [6.45, 7) is -0.154. The smallest absolute Gasteiger partial charge is 0.277 e. The van der Waals surface area contributed by atoms with Crippen molar-refractivity contribution in [2.75, 3.05) is 6.61 Å². The van der Waals surface area contributed by atoms with Crippen LogP contribution in [0.15, 0.2) is 59.7 Å². The molecule has 0 aliphatic carbocycles. The lowest BCUT2D eigenvalue weighted by molar-refractivity contribution is -0.123. The molecule has 5 heteroatoms. The van der Waals surface area contributed by atoms with Gasteiger partial charge in [0.25, 0.3) is 5.91 Å². The lowest BCUT2D eigenvalue weighted by atomic mass is 10.2. The monoisotopic (exact) mass is 272 g/mol. The maximum absolute atomic E-state index is 13.3. The summed E-state index contributed by atoms with van der Waals surface area (Å²) in [5.41, 5.74) is 2.57. The van der Waals surface area contributed by atoms with Crippen molar-refractivity contribution in [1.29, 1.82) is 0 Å². The lowest BCUT2D eigenvalue weighted by Crippen LogP contribution is -2.24. The fraction of sp³-hybridized carbons (Fsp3) is 0.0667. The summed E-state index contributed by atoms with van der Waals surface area (Å²) in [6.07, 6.45) is 1.25. The van der Waals surface area contributed by atoms with Crippen LogP contribution in [0.3, 0.4) is 0 Å². The number of nitrogens with zero attached hydrogens (tertiary/aromatic N) is 1. The fourth-order valence-corrected chi connectivity index (χ4v) is 1.45. The molecule has 102 valence electrons. The molecular weight excluding hydrogens is 259 g/mol. The molecule has 2 aromatic rings. The number of para-hydroxylation sites is 1. The Balaban J connectivity index is 1.79. The zero-order valence-electron chi connectivity index (χ0n) is 10.6. The molecule has 20 heavy (non-hydrogen) atoms. The normalized spacial score (nSPS) is 10.4. The number of ether oxygens (including phenoxy) is 1. The number of rotatable bonds is 5. The molecule has 0 saturated carbocycles. The molecule has 0 radical (unpaired) electrons. The van der Waals surface area contributed by atoms with Crippen LogP contribution in [0.4, 0.5) is 4.39 Å². The Labute approximate surface area is 115 Å². The number of nitrogens with one attached hydrogen (secondary N) is 1. The van der Waals surface area contributed by atoms with Crippen LogP contribution in [0.5, 0.6) is 5.75 Å². The van der Waals surface area contributed by atoms with E-state index in [-0.39, 0.29) is 6.61 Å². The van der Waals surface area contributed by atoms with E-state index in [0.29, 0.717) is 11.3 Å². The quantitative estimate of drug-likeness (QED) is 0.671. The molecule has 0 aromatic heterocycles. The van der Waals surface area contributed by atoms with Gasteiger partial charge in [-0.05, 0) is 18.2 Å². The van der Waals surface area contributed by atoms with Crippen molar-refractivity contribution in [3.63, 3.8) is 0 Å². The number of hydrogen-bond donors (Lipinski definition) is 1. The van der Waals surface area contributed by atoms with Crippen molar-refractivity contribution in [1.82, 2.24) is 5.43 Å². The fourth-order valence-electron chi connectivity index (χ4n) is 1.45. The molecule has 0 saturated heterocycles. The Hall–Kier alpha value is -2.69. The highest BCUT2D eigenvalue weighted by Crippen LogP contribution is 2.07. The molecule has 0 unspecified atom stereocenters. The second-order valence-corrected chi connectivity index (χ2v) is 3.92. The van der Waals surface area contributed by atoms with Crippen molar-refractivity contribution in [2.24, 2.45) is 5.10 Å². The van der Waals surface area contributed by atoms with Gasteiger partial charge in [-0.1, -0.05) is 36.4 Å². The van der Waals surface area contributed by atoms with Gasteiger partial charge >= 0.3 is 0 Å². The summed E-state index contributed by atoms with van der Waals surface area (Å²) in [6, 6.07) is 15.1. The first-order chi connectivity index (χ1) is 9.75. The summed E-state index contributed by atoms with van der Waals surface area (Å²) in [7, 11) is 0. The van der Waals surface area contributed by atoms with Crippen LogP contribution in [-0.4, -0.2) is 18.7 Å². The van der Waals surface area contributed by atoms with Crippen molar-refractivity contribution in [2.45, 2.75) is 0 Å². The highest BCUT2D eigenvalue weighted by Gasteiger charge is 2.01. The molecule has 0 bridgehead atoms. The molecule has 0 aliphatic rings. The van der Waals surface area contributed by atoms with Gasteiger partial charge in [-0.25, -0.2) is 9.82 Å². The minimum atomic E-state index is -0.415. The second kappa shape index (κ2) is 7.04. The maximum Gasteiger partial charge on any atom is 0.277 e. The number of carbonyl (C=O) groups is 1. The molecule has 0 aliphatic heterocycles. The van der Waals surface area contributed by atoms with Gasteiger partial charge in [0.15, 0.2) is 6.61 Å². The van der Waals surface area contributed by atoms with Gasteiger partial charge < -0.3 is 4.74 Å². The van der Waals surface area contributed by atoms with Gasteiger partial charge in [-0.2, -0.15) is 5.10 Å². The van der Waals surface area contributed by atoms with Crippen molar-refractivity contribution < 1.29 is 13.9 Å². The van der Waals surface area contributed by atoms with E-state index < -0.39 is 11.7 Å². The number of benzene rings is 2. The Morgan fingerprint density at radius 1 is 1.15 bits per heavy atom. The summed E-state index contributed by atoms with van der Waals surface area (Å²) >= 11 is 0. The van der Waals surface area contributed by atoms with E-state index >= 15 is 0 Å². The van der Waals surface area contributed by atoms with Crippen LogP contribution < -0.4 is 10.2 Å². The molecule has 1 amide bonds. The van der Waals surface area contributed by atoms with E-state index in [1.165, 1.54) is 12.3 Å². The minimum Gasteiger partial charge on any atom is -0.484 e. The zero-order chi connectivity index (χ0) is 14.2. The molecule has 0 spiro atoms. The predicted octanol–water partition coefficient (Wildman–Crippen LogP) is 2.35. The van der Waals surface area contributed by atoms with Gasteiger partial charge in [-0.3, -0.25) is 4.79 Å². The Kier molecular flexibility index (Phi) is 4.83. The first kappa shape index (κ1) is 13.7. The van der Waals surface area contributed by atoms with Gasteiger partial charge in [0, 0.05) is 5.56 Å². The van der Waals surface area contributed by atoms with E-state index in [2.05, 4.69) is 10.5 Å².